The average molecular weight is 508 g/mol. The highest BCUT2D eigenvalue weighted by Gasteiger charge is 2.16. The summed E-state index contributed by atoms with van der Waals surface area (Å²) in [4.78, 5) is 13.3. The summed E-state index contributed by atoms with van der Waals surface area (Å²) in [6.07, 6.45) is 18.6. The summed E-state index contributed by atoms with van der Waals surface area (Å²) in [5.41, 5.74) is 1.63. The van der Waals surface area contributed by atoms with Gasteiger partial charge in [-0.25, -0.2) is 0 Å². The van der Waals surface area contributed by atoms with Crippen LogP contribution in [-0.4, -0.2) is 10.2 Å². The van der Waals surface area contributed by atoms with Crippen molar-refractivity contribution in [3.05, 3.63) is 59.5 Å². The first-order valence-corrected chi connectivity index (χ1v) is 12.4. The summed E-state index contributed by atoms with van der Waals surface area (Å²) in [7, 11) is 0. The molecule has 3 nitrogen and oxygen atoms in total. The van der Waals surface area contributed by atoms with Crippen molar-refractivity contribution in [3.8, 4) is 0 Å². The molecule has 0 aliphatic rings. The molecule has 0 radical (unpaired) electrons. The standard InChI is InChI=1S/C25H33IO3/c1-2-3-4-5-6-7-8-9-12-21(19-23-13-10-17-28-23)25(27)22(15-16-26)20-24-14-11-18-29-24/h10-11,13-14,17-20H,2-9,12,15-16H2,1H3/b21-19+,22-20+. The van der Waals surface area contributed by atoms with Crippen molar-refractivity contribution >= 4 is 40.5 Å². The lowest BCUT2D eigenvalue weighted by Gasteiger charge is -2.10. The number of furan rings is 2. The Morgan fingerprint density at radius 2 is 1.34 bits per heavy atom. The van der Waals surface area contributed by atoms with Crippen LogP contribution in [0.25, 0.3) is 12.2 Å². The van der Waals surface area contributed by atoms with E-state index >= 15 is 0 Å². The Labute approximate surface area is 188 Å². The van der Waals surface area contributed by atoms with E-state index < -0.39 is 0 Å². The third-order valence-electron chi connectivity index (χ3n) is 4.97. The molecular weight excluding hydrogens is 475 g/mol. The van der Waals surface area contributed by atoms with Crippen molar-refractivity contribution in [3.63, 3.8) is 0 Å². The minimum absolute atomic E-state index is 0.109. The van der Waals surface area contributed by atoms with Crippen molar-refractivity contribution in [2.45, 2.75) is 71.1 Å². The molecule has 0 bridgehead atoms. The maximum Gasteiger partial charge on any atom is 0.185 e. The molecule has 0 aliphatic heterocycles. The van der Waals surface area contributed by atoms with E-state index in [2.05, 4.69) is 29.5 Å². The highest BCUT2D eigenvalue weighted by Crippen LogP contribution is 2.23. The number of carbonyl (C=O) groups excluding carboxylic acids is 1. The molecule has 2 aromatic rings. The summed E-state index contributed by atoms with van der Waals surface area (Å²) in [6, 6.07) is 7.48. The molecule has 0 fully saturated rings. The van der Waals surface area contributed by atoms with Gasteiger partial charge in [-0.05, 0) is 55.7 Å². The highest BCUT2D eigenvalue weighted by atomic mass is 127. The zero-order valence-corrected chi connectivity index (χ0v) is 19.7. The number of hydrogen-bond acceptors (Lipinski definition) is 3. The number of carbonyl (C=O) groups is 1. The number of ketones is 1. The Bertz CT molecular complexity index is 739. The van der Waals surface area contributed by atoms with Crippen molar-refractivity contribution in [1.82, 2.24) is 0 Å². The lowest BCUT2D eigenvalue weighted by Crippen LogP contribution is -2.07. The first-order valence-electron chi connectivity index (χ1n) is 10.8. The predicted octanol–water partition coefficient (Wildman–Crippen LogP) is 8.26. The number of hydrogen-bond donors (Lipinski definition) is 0. The van der Waals surface area contributed by atoms with Crippen LogP contribution in [0.2, 0.25) is 0 Å². The van der Waals surface area contributed by atoms with Crippen LogP contribution < -0.4 is 0 Å². The zero-order chi connectivity index (χ0) is 20.7. The van der Waals surface area contributed by atoms with E-state index in [1.54, 1.807) is 12.5 Å². The minimum atomic E-state index is 0.109. The fourth-order valence-electron chi connectivity index (χ4n) is 3.35. The first-order chi connectivity index (χ1) is 14.2. The SMILES string of the molecule is CCCCCCCCCC/C(=C\c1ccco1)C(=O)/C(=C/c1ccco1)CCI. The summed E-state index contributed by atoms with van der Waals surface area (Å²) in [5.74, 6) is 1.57. The van der Waals surface area contributed by atoms with Gasteiger partial charge in [0.25, 0.3) is 0 Å². The second-order valence-corrected chi connectivity index (χ2v) is 8.44. The molecule has 29 heavy (non-hydrogen) atoms. The van der Waals surface area contributed by atoms with Gasteiger partial charge >= 0.3 is 0 Å². The van der Waals surface area contributed by atoms with Gasteiger partial charge in [-0.3, -0.25) is 4.79 Å². The number of rotatable bonds is 15. The van der Waals surface area contributed by atoms with Crippen LogP contribution in [-0.2, 0) is 4.79 Å². The van der Waals surface area contributed by atoms with Crippen molar-refractivity contribution in [2.24, 2.45) is 0 Å². The smallest absolute Gasteiger partial charge is 0.185 e. The second-order valence-electron chi connectivity index (χ2n) is 7.36. The largest absolute Gasteiger partial charge is 0.465 e. The Hall–Kier alpha value is -1.56. The van der Waals surface area contributed by atoms with Gasteiger partial charge in [-0.2, -0.15) is 0 Å². The number of allylic oxidation sites excluding steroid dienone is 2. The lowest BCUT2D eigenvalue weighted by atomic mass is 9.95. The monoisotopic (exact) mass is 508 g/mol. The topological polar surface area (TPSA) is 43.4 Å². The van der Waals surface area contributed by atoms with E-state index in [4.69, 9.17) is 8.83 Å². The Morgan fingerprint density at radius 3 is 1.83 bits per heavy atom. The number of halogens is 1. The van der Waals surface area contributed by atoms with E-state index in [1.807, 2.05) is 36.4 Å². The molecule has 2 aromatic heterocycles. The van der Waals surface area contributed by atoms with Crippen LogP contribution >= 0.6 is 22.6 Å². The third kappa shape index (κ3) is 9.20. The summed E-state index contributed by atoms with van der Waals surface area (Å²) in [5, 5.41) is 0. The van der Waals surface area contributed by atoms with Gasteiger partial charge in [-0.1, -0.05) is 74.5 Å². The van der Waals surface area contributed by atoms with Crippen LogP contribution in [0.1, 0.15) is 82.7 Å². The minimum Gasteiger partial charge on any atom is -0.465 e. The number of unbranched alkanes of at least 4 members (excludes halogenated alkanes) is 7. The predicted molar refractivity (Wildman–Crippen MR) is 129 cm³/mol. The fraction of sp³-hybridized carbons (Fsp3) is 0.480. The van der Waals surface area contributed by atoms with Gasteiger partial charge in [0, 0.05) is 15.6 Å². The molecule has 0 spiro atoms. The van der Waals surface area contributed by atoms with E-state index in [1.165, 1.54) is 44.9 Å². The molecule has 0 N–H and O–H groups in total. The summed E-state index contributed by atoms with van der Waals surface area (Å²) in [6.45, 7) is 2.25. The van der Waals surface area contributed by atoms with Crippen molar-refractivity contribution < 1.29 is 13.6 Å². The Balaban J connectivity index is 2.00. The maximum atomic E-state index is 13.3. The Kier molecular flexibility index (Phi) is 11.8. The molecule has 0 unspecified atom stereocenters. The average Bonchev–Trinajstić information content (AvgIpc) is 3.42. The molecule has 0 atom stereocenters. The van der Waals surface area contributed by atoms with Gasteiger partial charge in [0.2, 0.25) is 0 Å². The van der Waals surface area contributed by atoms with Gasteiger partial charge in [0.05, 0.1) is 12.5 Å². The van der Waals surface area contributed by atoms with Gasteiger partial charge in [-0.15, -0.1) is 0 Å². The first kappa shape index (κ1) is 23.7. The van der Waals surface area contributed by atoms with Crippen molar-refractivity contribution in [2.75, 3.05) is 4.43 Å². The lowest BCUT2D eigenvalue weighted by molar-refractivity contribution is -0.112. The maximum absolute atomic E-state index is 13.3. The van der Waals surface area contributed by atoms with E-state index in [0.717, 1.165) is 46.4 Å². The van der Waals surface area contributed by atoms with Gasteiger partial charge in [0.15, 0.2) is 5.78 Å². The van der Waals surface area contributed by atoms with E-state index in [-0.39, 0.29) is 5.78 Å². The molecular formula is C25H33IO3. The van der Waals surface area contributed by atoms with Gasteiger partial charge < -0.3 is 8.83 Å². The normalized spacial score (nSPS) is 12.5. The second kappa shape index (κ2) is 14.4. The molecule has 158 valence electrons. The highest BCUT2D eigenvalue weighted by molar-refractivity contribution is 14.1. The van der Waals surface area contributed by atoms with E-state index in [9.17, 15) is 4.79 Å². The van der Waals surface area contributed by atoms with E-state index in [0.29, 0.717) is 0 Å². The van der Waals surface area contributed by atoms with Crippen LogP contribution in [0, 0.1) is 0 Å². The molecule has 4 heteroatoms. The number of alkyl halides is 1. The molecule has 0 amide bonds. The molecule has 0 aromatic carbocycles. The molecule has 0 aliphatic carbocycles. The molecule has 2 rings (SSSR count). The van der Waals surface area contributed by atoms with Crippen LogP contribution in [0.4, 0.5) is 0 Å². The Morgan fingerprint density at radius 1 is 0.828 bits per heavy atom. The molecule has 2 heterocycles. The van der Waals surface area contributed by atoms with Crippen LogP contribution in [0.15, 0.2) is 56.8 Å². The van der Waals surface area contributed by atoms with Crippen molar-refractivity contribution in [1.29, 1.82) is 0 Å². The summed E-state index contributed by atoms with van der Waals surface area (Å²) < 4.78 is 11.8. The molecule has 0 saturated carbocycles. The summed E-state index contributed by atoms with van der Waals surface area (Å²) >= 11 is 2.31. The van der Waals surface area contributed by atoms with Gasteiger partial charge in [0.1, 0.15) is 11.5 Å². The molecule has 0 saturated heterocycles. The fourth-order valence-corrected chi connectivity index (χ4v) is 3.93. The quantitative estimate of drug-likeness (QED) is 0.105. The van der Waals surface area contributed by atoms with Crippen LogP contribution in [0.5, 0.6) is 0 Å². The number of Topliss-reactive ketones (excluding diaryl/α,β-unsaturated/α-hetero) is 1. The third-order valence-corrected chi connectivity index (χ3v) is 5.51. The zero-order valence-electron chi connectivity index (χ0n) is 17.5. The van der Waals surface area contributed by atoms with Crippen LogP contribution in [0.3, 0.4) is 0 Å².